The predicted octanol–water partition coefficient (Wildman–Crippen LogP) is 0.933. The molecule has 8 heteroatoms. The Bertz CT molecular complexity index is 925. The molecule has 0 unspecified atom stereocenters. The molecule has 0 spiro atoms. The third-order valence-corrected chi connectivity index (χ3v) is 6.92. The summed E-state index contributed by atoms with van der Waals surface area (Å²) in [6, 6.07) is 9.12. The maximum atomic E-state index is 12.8. The number of fused-ring (bicyclic) bond motifs is 1. The minimum absolute atomic E-state index is 0.0298. The third kappa shape index (κ3) is 3.96. The fraction of sp³-hybridized carbons (Fsp3) is 0.368. The molecular weight excluding hydrogens is 364 g/mol. The first-order chi connectivity index (χ1) is 13.0. The normalized spacial score (nSPS) is 25.0. The fourth-order valence-electron chi connectivity index (χ4n) is 3.91. The van der Waals surface area contributed by atoms with Gasteiger partial charge in [-0.25, -0.2) is 13.4 Å². The molecule has 4 rings (SSSR count). The Labute approximate surface area is 158 Å². The molecule has 0 radical (unpaired) electrons. The van der Waals surface area contributed by atoms with Crippen molar-refractivity contribution in [2.75, 3.05) is 24.6 Å². The second-order valence-corrected chi connectivity index (χ2v) is 9.19. The highest BCUT2D eigenvalue weighted by molar-refractivity contribution is 7.91. The van der Waals surface area contributed by atoms with E-state index in [4.69, 9.17) is 0 Å². The summed E-state index contributed by atoms with van der Waals surface area (Å²) in [4.78, 5) is 23.7. The predicted molar refractivity (Wildman–Crippen MR) is 102 cm³/mol. The first-order valence-electron chi connectivity index (χ1n) is 8.97. The Morgan fingerprint density at radius 2 is 1.96 bits per heavy atom. The minimum atomic E-state index is -3.16. The second-order valence-electron chi connectivity index (χ2n) is 7.03. The lowest BCUT2D eigenvalue weighted by Gasteiger charge is -2.43. The Hall–Kier alpha value is -2.45. The fourth-order valence-corrected chi connectivity index (χ4v) is 5.92. The highest BCUT2D eigenvalue weighted by atomic mass is 32.2. The van der Waals surface area contributed by atoms with Crippen LogP contribution in [-0.4, -0.2) is 70.8 Å². The van der Waals surface area contributed by atoms with Crippen LogP contribution in [0.1, 0.15) is 11.3 Å². The summed E-state index contributed by atoms with van der Waals surface area (Å²) in [5.41, 5.74) is 1.89. The number of carbonyl (C=O) groups is 1. The molecule has 142 valence electrons. The number of H-pyrrole nitrogens is 1. The van der Waals surface area contributed by atoms with E-state index in [1.54, 1.807) is 29.6 Å². The number of piperazine rings is 1. The first-order valence-corrected chi connectivity index (χ1v) is 10.8. The quantitative estimate of drug-likeness (QED) is 0.790. The first kappa shape index (κ1) is 17.9. The van der Waals surface area contributed by atoms with Crippen LogP contribution < -0.4 is 0 Å². The van der Waals surface area contributed by atoms with Crippen molar-refractivity contribution in [3.63, 3.8) is 0 Å². The van der Waals surface area contributed by atoms with E-state index in [9.17, 15) is 13.2 Å². The molecule has 27 heavy (non-hydrogen) atoms. The number of nitrogens with one attached hydrogen (secondary N) is 1. The van der Waals surface area contributed by atoms with Gasteiger partial charge >= 0.3 is 0 Å². The summed E-state index contributed by atoms with van der Waals surface area (Å²) in [5, 5.41) is 0. The van der Waals surface area contributed by atoms with Gasteiger partial charge in [0.05, 0.1) is 23.9 Å². The van der Waals surface area contributed by atoms with Crippen LogP contribution in [0, 0.1) is 0 Å². The van der Waals surface area contributed by atoms with E-state index < -0.39 is 9.84 Å². The summed E-state index contributed by atoms with van der Waals surface area (Å²) in [5.74, 6) is -0.00723. The van der Waals surface area contributed by atoms with Gasteiger partial charge in [0, 0.05) is 43.6 Å². The summed E-state index contributed by atoms with van der Waals surface area (Å²) >= 11 is 0. The van der Waals surface area contributed by atoms with Crippen LogP contribution in [0.15, 0.2) is 48.9 Å². The van der Waals surface area contributed by atoms with Crippen molar-refractivity contribution in [3.8, 4) is 0 Å². The highest BCUT2D eigenvalue weighted by Gasteiger charge is 2.47. The average Bonchev–Trinajstić information content (AvgIpc) is 3.27. The number of nitrogens with zero attached hydrogens (tertiary/aromatic N) is 3. The molecule has 2 aliphatic rings. The summed E-state index contributed by atoms with van der Waals surface area (Å²) in [6.07, 6.45) is 6.69. The SMILES string of the molecule is O=C(/C=C/c1ccccc1)N1CCN(Cc2cnc[nH]2)[C@@H]2CS(=O)(=O)C[C@@H]21. The van der Waals surface area contributed by atoms with Crippen LogP contribution in [-0.2, 0) is 21.2 Å². The van der Waals surface area contributed by atoms with E-state index in [0.29, 0.717) is 19.6 Å². The molecule has 7 nitrogen and oxygen atoms in total. The Balaban J connectivity index is 1.51. The number of hydrogen-bond donors (Lipinski definition) is 1. The summed E-state index contributed by atoms with van der Waals surface area (Å²) in [7, 11) is -3.16. The summed E-state index contributed by atoms with van der Waals surface area (Å²) in [6.45, 7) is 1.77. The Morgan fingerprint density at radius 1 is 1.19 bits per heavy atom. The van der Waals surface area contributed by atoms with Crippen LogP contribution in [0.4, 0.5) is 0 Å². The number of aromatic amines is 1. The van der Waals surface area contributed by atoms with Crippen LogP contribution >= 0.6 is 0 Å². The zero-order chi connectivity index (χ0) is 18.9. The molecule has 1 aromatic heterocycles. The number of benzene rings is 1. The van der Waals surface area contributed by atoms with E-state index in [1.165, 1.54) is 0 Å². The minimum Gasteiger partial charge on any atom is -0.347 e. The van der Waals surface area contributed by atoms with Crippen LogP contribution in [0.25, 0.3) is 6.08 Å². The summed E-state index contributed by atoms with van der Waals surface area (Å²) < 4.78 is 24.6. The number of aromatic nitrogens is 2. The maximum Gasteiger partial charge on any atom is 0.246 e. The van der Waals surface area contributed by atoms with Gasteiger partial charge in [-0.1, -0.05) is 30.3 Å². The number of hydrogen-bond acceptors (Lipinski definition) is 5. The van der Waals surface area contributed by atoms with Crippen molar-refractivity contribution < 1.29 is 13.2 Å². The monoisotopic (exact) mass is 386 g/mol. The van der Waals surface area contributed by atoms with Crippen molar-refractivity contribution in [3.05, 3.63) is 60.2 Å². The smallest absolute Gasteiger partial charge is 0.246 e. The van der Waals surface area contributed by atoms with Gasteiger partial charge in [0.1, 0.15) is 0 Å². The molecule has 2 saturated heterocycles. The lowest BCUT2D eigenvalue weighted by Crippen LogP contribution is -2.60. The van der Waals surface area contributed by atoms with Gasteiger partial charge in [0.25, 0.3) is 0 Å². The van der Waals surface area contributed by atoms with Gasteiger partial charge in [-0.3, -0.25) is 9.69 Å². The highest BCUT2D eigenvalue weighted by Crippen LogP contribution is 2.28. The molecule has 1 N–H and O–H groups in total. The molecule has 2 aliphatic heterocycles. The molecule has 2 aromatic rings. The van der Waals surface area contributed by atoms with E-state index in [0.717, 1.165) is 11.3 Å². The number of sulfone groups is 1. The van der Waals surface area contributed by atoms with Crippen LogP contribution in [0.5, 0.6) is 0 Å². The number of carbonyl (C=O) groups excluding carboxylic acids is 1. The molecule has 1 aromatic carbocycles. The third-order valence-electron chi connectivity index (χ3n) is 5.22. The molecule has 0 bridgehead atoms. The van der Waals surface area contributed by atoms with Gasteiger partial charge in [-0.05, 0) is 11.6 Å². The lowest BCUT2D eigenvalue weighted by atomic mass is 10.0. The van der Waals surface area contributed by atoms with Crippen LogP contribution in [0.2, 0.25) is 0 Å². The van der Waals surface area contributed by atoms with E-state index in [-0.39, 0.29) is 29.5 Å². The van der Waals surface area contributed by atoms with Crippen molar-refractivity contribution in [2.45, 2.75) is 18.6 Å². The molecule has 0 saturated carbocycles. The molecule has 1 amide bonds. The van der Waals surface area contributed by atoms with Crippen molar-refractivity contribution >= 4 is 21.8 Å². The topological polar surface area (TPSA) is 86.4 Å². The number of rotatable bonds is 4. The van der Waals surface area contributed by atoms with Crippen molar-refractivity contribution in [1.82, 2.24) is 19.8 Å². The van der Waals surface area contributed by atoms with E-state index in [2.05, 4.69) is 14.9 Å². The molecule has 2 atom stereocenters. The van der Waals surface area contributed by atoms with E-state index in [1.807, 2.05) is 30.3 Å². The maximum absolute atomic E-state index is 12.8. The van der Waals surface area contributed by atoms with Gasteiger partial charge in [0.15, 0.2) is 9.84 Å². The van der Waals surface area contributed by atoms with Gasteiger partial charge in [0.2, 0.25) is 5.91 Å². The second kappa shape index (κ2) is 7.28. The standard InChI is InChI=1S/C19H22N4O3S/c24-19(7-6-15-4-2-1-3-5-15)23-9-8-22(11-16-10-20-14-21-16)17-12-27(25,26)13-18(17)23/h1-7,10,14,17-18H,8-9,11-13H2,(H,20,21)/b7-6+/t17-,18+/m1/s1. The van der Waals surface area contributed by atoms with Gasteiger partial charge in [-0.2, -0.15) is 0 Å². The molecule has 3 heterocycles. The lowest BCUT2D eigenvalue weighted by molar-refractivity contribution is -0.131. The van der Waals surface area contributed by atoms with E-state index >= 15 is 0 Å². The molecule has 2 fully saturated rings. The Kier molecular flexibility index (Phi) is 4.84. The number of imidazole rings is 1. The Morgan fingerprint density at radius 3 is 2.70 bits per heavy atom. The average molecular weight is 386 g/mol. The van der Waals surface area contributed by atoms with Gasteiger partial charge in [-0.15, -0.1) is 0 Å². The largest absolute Gasteiger partial charge is 0.347 e. The molecule has 0 aliphatic carbocycles. The number of amides is 1. The van der Waals surface area contributed by atoms with Gasteiger partial charge < -0.3 is 9.88 Å². The van der Waals surface area contributed by atoms with Crippen LogP contribution in [0.3, 0.4) is 0 Å². The van der Waals surface area contributed by atoms with Crippen molar-refractivity contribution in [1.29, 1.82) is 0 Å². The molecular formula is C19H22N4O3S. The van der Waals surface area contributed by atoms with Crippen molar-refractivity contribution in [2.24, 2.45) is 0 Å². The zero-order valence-electron chi connectivity index (χ0n) is 14.9. The zero-order valence-corrected chi connectivity index (χ0v) is 15.7.